The lowest BCUT2D eigenvalue weighted by Gasteiger charge is -2.09. The number of nitrogens with one attached hydrogen (secondary N) is 1. The number of fused-ring (bicyclic) bond motifs is 1. The highest BCUT2D eigenvalue weighted by molar-refractivity contribution is 6.34. The van der Waals surface area contributed by atoms with Gasteiger partial charge in [0.05, 0.1) is 6.54 Å². The van der Waals surface area contributed by atoms with Gasteiger partial charge < -0.3 is 10.1 Å². The first kappa shape index (κ1) is 13.7. The maximum Gasteiger partial charge on any atom is 0.139 e. The maximum absolute atomic E-state index is 6.19. The molecule has 0 aliphatic heterocycles. The van der Waals surface area contributed by atoms with Gasteiger partial charge in [-0.3, -0.25) is 0 Å². The van der Waals surface area contributed by atoms with Gasteiger partial charge in [-0.1, -0.05) is 54.1 Å². The molecule has 3 rings (SSSR count). The summed E-state index contributed by atoms with van der Waals surface area (Å²) in [4.78, 5) is 4.34. The van der Waals surface area contributed by atoms with Crippen LogP contribution in [0.3, 0.4) is 0 Å². The van der Waals surface area contributed by atoms with Crippen molar-refractivity contribution in [3.63, 3.8) is 0 Å². The normalized spacial score (nSPS) is 10.5. The van der Waals surface area contributed by atoms with E-state index in [-0.39, 0.29) is 0 Å². The third-order valence-electron chi connectivity index (χ3n) is 3.11. The first-order valence-corrected chi connectivity index (χ1v) is 7.18. The van der Waals surface area contributed by atoms with E-state index in [2.05, 4.69) is 10.3 Å². The molecular formula is C17H15ClN2O. The number of anilines is 1. The molecule has 0 saturated carbocycles. The van der Waals surface area contributed by atoms with Crippen molar-refractivity contribution in [3.8, 4) is 5.75 Å². The van der Waals surface area contributed by atoms with E-state index in [0.29, 0.717) is 18.3 Å². The monoisotopic (exact) mass is 298 g/mol. The zero-order valence-corrected chi connectivity index (χ0v) is 12.2. The summed E-state index contributed by atoms with van der Waals surface area (Å²) in [5.74, 6) is 1.62. The summed E-state index contributed by atoms with van der Waals surface area (Å²) in [6.07, 6.45) is 0. The van der Waals surface area contributed by atoms with Crippen LogP contribution in [0.2, 0.25) is 5.15 Å². The second kappa shape index (κ2) is 6.46. The maximum atomic E-state index is 6.19. The topological polar surface area (TPSA) is 34.2 Å². The number of nitrogens with zero attached hydrogens (tertiary/aromatic N) is 1. The number of benzene rings is 2. The van der Waals surface area contributed by atoms with E-state index in [1.54, 1.807) is 0 Å². The molecule has 0 amide bonds. The van der Waals surface area contributed by atoms with Gasteiger partial charge in [-0.15, -0.1) is 0 Å². The van der Waals surface area contributed by atoms with Crippen LogP contribution in [0.25, 0.3) is 10.8 Å². The highest BCUT2D eigenvalue weighted by Gasteiger charge is 2.03. The van der Waals surface area contributed by atoms with Crippen LogP contribution in [-0.4, -0.2) is 18.1 Å². The number of rotatable bonds is 5. The van der Waals surface area contributed by atoms with Gasteiger partial charge in [-0.05, 0) is 23.6 Å². The summed E-state index contributed by atoms with van der Waals surface area (Å²) in [6.45, 7) is 1.23. The molecule has 1 N–H and O–H groups in total. The van der Waals surface area contributed by atoms with Crippen molar-refractivity contribution in [3.05, 3.63) is 65.8 Å². The third kappa shape index (κ3) is 3.44. The third-order valence-corrected chi connectivity index (χ3v) is 3.40. The lowest BCUT2D eigenvalue weighted by Crippen LogP contribution is -2.12. The molecule has 0 aliphatic carbocycles. The number of halogens is 1. The second-order valence-corrected chi connectivity index (χ2v) is 4.97. The molecule has 0 bridgehead atoms. The molecule has 0 unspecified atom stereocenters. The van der Waals surface area contributed by atoms with Crippen LogP contribution in [-0.2, 0) is 0 Å². The molecule has 0 saturated heterocycles. The van der Waals surface area contributed by atoms with Crippen LogP contribution in [0.5, 0.6) is 5.75 Å². The van der Waals surface area contributed by atoms with E-state index in [4.69, 9.17) is 16.3 Å². The summed E-state index contributed by atoms with van der Waals surface area (Å²) < 4.78 is 5.62. The highest BCUT2D eigenvalue weighted by Crippen LogP contribution is 2.24. The highest BCUT2D eigenvalue weighted by atomic mass is 35.5. The van der Waals surface area contributed by atoms with E-state index in [1.165, 1.54) is 0 Å². The standard InChI is InChI=1S/C17H15ClN2O/c18-17-15-9-5-4-6-13(15)12-16(20-17)19-10-11-21-14-7-2-1-3-8-14/h1-9,12H,10-11H2,(H,19,20). The summed E-state index contributed by atoms with van der Waals surface area (Å²) in [6, 6.07) is 19.7. The largest absolute Gasteiger partial charge is 0.492 e. The number of hydrogen-bond acceptors (Lipinski definition) is 3. The summed E-state index contributed by atoms with van der Waals surface area (Å²) in [7, 11) is 0. The average Bonchev–Trinajstić information content (AvgIpc) is 2.53. The molecule has 0 fully saturated rings. The lowest BCUT2D eigenvalue weighted by atomic mass is 10.2. The minimum atomic E-state index is 0.513. The Morgan fingerprint density at radius 1 is 1.00 bits per heavy atom. The van der Waals surface area contributed by atoms with Gasteiger partial charge >= 0.3 is 0 Å². The van der Waals surface area contributed by atoms with Crippen LogP contribution < -0.4 is 10.1 Å². The van der Waals surface area contributed by atoms with Crippen molar-refractivity contribution >= 4 is 28.2 Å². The molecule has 1 heterocycles. The lowest BCUT2D eigenvalue weighted by molar-refractivity contribution is 0.333. The van der Waals surface area contributed by atoms with Gasteiger partial charge in [-0.2, -0.15) is 0 Å². The predicted molar refractivity (Wildman–Crippen MR) is 87.2 cm³/mol. The van der Waals surface area contributed by atoms with Crippen molar-refractivity contribution in [2.45, 2.75) is 0 Å². The molecule has 3 nitrogen and oxygen atoms in total. The Hall–Kier alpha value is -2.26. The fourth-order valence-corrected chi connectivity index (χ4v) is 2.37. The van der Waals surface area contributed by atoms with E-state index in [9.17, 15) is 0 Å². The Morgan fingerprint density at radius 3 is 2.62 bits per heavy atom. The zero-order chi connectivity index (χ0) is 14.5. The Balaban J connectivity index is 1.60. The predicted octanol–water partition coefficient (Wildman–Crippen LogP) is 4.38. The van der Waals surface area contributed by atoms with Crippen molar-refractivity contribution in [2.24, 2.45) is 0 Å². The van der Waals surface area contributed by atoms with E-state index < -0.39 is 0 Å². The number of ether oxygens (including phenoxy) is 1. The number of aromatic nitrogens is 1. The minimum absolute atomic E-state index is 0.513. The van der Waals surface area contributed by atoms with Gasteiger partial charge in [-0.25, -0.2) is 4.98 Å². The van der Waals surface area contributed by atoms with Crippen molar-refractivity contribution < 1.29 is 4.74 Å². The van der Waals surface area contributed by atoms with Crippen LogP contribution in [0.1, 0.15) is 0 Å². The van der Waals surface area contributed by atoms with Gasteiger partial charge in [0.1, 0.15) is 23.3 Å². The summed E-state index contributed by atoms with van der Waals surface area (Å²) in [5, 5.41) is 5.78. The van der Waals surface area contributed by atoms with Gasteiger partial charge in [0.25, 0.3) is 0 Å². The Morgan fingerprint density at radius 2 is 1.76 bits per heavy atom. The summed E-state index contributed by atoms with van der Waals surface area (Å²) >= 11 is 6.19. The van der Waals surface area contributed by atoms with Gasteiger partial charge in [0.15, 0.2) is 0 Å². The van der Waals surface area contributed by atoms with Gasteiger partial charge in [0.2, 0.25) is 0 Å². The van der Waals surface area contributed by atoms with Crippen LogP contribution in [0, 0.1) is 0 Å². The Kier molecular flexibility index (Phi) is 4.22. The van der Waals surface area contributed by atoms with Crippen molar-refractivity contribution in [1.29, 1.82) is 0 Å². The smallest absolute Gasteiger partial charge is 0.139 e. The zero-order valence-electron chi connectivity index (χ0n) is 11.4. The van der Waals surface area contributed by atoms with Gasteiger partial charge in [0, 0.05) is 5.39 Å². The fourth-order valence-electron chi connectivity index (χ4n) is 2.11. The SMILES string of the molecule is Clc1nc(NCCOc2ccccc2)cc2ccccc12. The molecule has 1 aromatic heterocycles. The average molecular weight is 299 g/mol. The minimum Gasteiger partial charge on any atom is -0.492 e. The number of hydrogen-bond donors (Lipinski definition) is 1. The molecule has 2 aromatic carbocycles. The Labute approximate surface area is 128 Å². The second-order valence-electron chi connectivity index (χ2n) is 4.61. The summed E-state index contributed by atoms with van der Waals surface area (Å²) in [5.41, 5.74) is 0. The quantitative estimate of drug-likeness (QED) is 0.561. The molecule has 21 heavy (non-hydrogen) atoms. The molecule has 0 aliphatic rings. The molecule has 4 heteroatoms. The first-order valence-electron chi connectivity index (χ1n) is 6.80. The number of para-hydroxylation sites is 1. The van der Waals surface area contributed by atoms with Crippen LogP contribution >= 0.6 is 11.6 Å². The molecule has 0 atom stereocenters. The molecule has 0 spiro atoms. The molecule has 0 radical (unpaired) electrons. The van der Waals surface area contributed by atoms with E-state index in [0.717, 1.165) is 22.3 Å². The first-order chi connectivity index (χ1) is 10.3. The molecule has 106 valence electrons. The number of pyridine rings is 1. The molecular weight excluding hydrogens is 284 g/mol. The Bertz CT molecular complexity index is 731. The van der Waals surface area contributed by atoms with Crippen molar-refractivity contribution in [1.82, 2.24) is 4.98 Å². The van der Waals surface area contributed by atoms with Crippen LogP contribution in [0.15, 0.2) is 60.7 Å². The molecule has 3 aromatic rings. The fraction of sp³-hybridized carbons (Fsp3) is 0.118. The van der Waals surface area contributed by atoms with Crippen LogP contribution in [0.4, 0.5) is 5.82 Å². The van der Waals surface area contributed by atoms with E-state index in [1.807, 2.05) is 60.7 Å². The van der Waals surface area contributed by atoms with E-state index >= 15 is 0 Å². The van der Waals surface area contributed by atoms with Crippen molar-refractivity contribution in [2.75, 3.05) is 18.5 Å².